The second-order valence-corrected chi connectivity index (χ2v) is 4.19. The maximum Gasteiger partial charge on any atom is 0.304 e. The lowest BCUT2D eigenvalue weighted by Crippen LogP contribution is -2.19. The smallest absolute Gasteiger partial charge is 0.304 e. The van der Waals surface area contributed by atoms with Crippen LogP contribution < -0.4 is 5.32 Å². The number of aliphatic carboxylic acids is 1. The first kappa shape index (κ1) is 11.5. The summed E-state index contributed by atoms with van der Waals surface area (Å²) >= 11 is 0. The number of nitrogens with one attached hydrogen (secondary N) is 1. The summed E-state index contributed by atoms with van der Waals surface area (Å²) in [6, 6.07) is 0. The van der Waals surface area contributed by atoms with E-state index in [0.29, 0.717) is 6.54 Å². The van der Waals surface area contributed by atoms with E-state index in [1.807, 2.05) is 0 Å². The van der Waals surface area contributed by atoms with Crippen molar-refractivity contribution in [2.45, 2.75) is 44.9 Å². The molecule has 0 saturated heterocycles. The Morgan fingerprint density at radius 1 is 1.29 bits per heavy atom. The summed E-state index contributed by atoms with van der Waals surface area (Å²) < 4.78 is 0. The zero-order chi connectivity index (χ0) is 10.2. The Labute approximate surface area is 85.9 Å². The fourth-order valence-corrected chi connectivity index (χ4v) is 2.14. The molecule has 1 saturated carbocycles. The molecule has 0 spiro atoms. The second-order valence-electron chi connectivity index (χ2n) is 4.19. The third-order valence-corrected chi connectivity index (χ3v) is 2.96. The molecule has 3 nitrogen and oxygen atoms in total. The Hall–Kier alpha value is -0.570. The third kappa shape index (κ3) is 5.22. The van der Waals surface area contributed by atoms with Gasteiger partial charge >= 0.3 is 5.97 Å². The van der Waals surface area contributed by atoms with Gasteiger partial charge in [-0.2, -0.15) is 0 Å². The quantitative estimate of drug-likeness (QED) is 0.617. The van der Waals surface area contributed by atoms with Gasteiger partial charge in [0.25, 0.3) is 0 Å². The molecule has 0 heterocycles. The molecule has 1 fully saturated rings. The number of hydrogen-bond acceptors (Lipinski definition) is 2. The molecule has 0 aromatic heterocycles. The molecule has 14 heavy (non-hydrogen) atoms. The van der Waals surface area contributed by atoms with Gasteiger partial charge in [-0.05, 0) is 25.3 Å². The van der Waals surface area contributed by atoms with E-state index in [9.17, 15) is 4.79 Å². The van der Waals surface area contributed by atoms with Gasteiger partial charge in [0, 0.05) is 6.54 Å². The number of carboxylic acids is 1. The van der Waals surface area contributed by atoms with Crippen molar-refractivity contribution in [1.29, 1.82) is 0 Å². The molecule has 3 heteroatoms. The van der Waals surface area contributed by atoms with E-state index in [2.05, 4.69) is 5.32 Å². The van der Waals surface area contributed by atoms with Crippen LogP contribution in [-0.4, -0.2) is 24.2 Å². The molecular formula is C11H21NO2. The summed E-state index contributed by atoms with van der Waals surface area (Å²) in [5.41, 5.74) is 0. The minimum absolute atomic E-state index is 0.240. The molecule has 0 aromatic rings. The van der Waals surface area contributed by atoms with E-state index in [-0.39, 0.29) is 6.42 Å². The van der Waals surface area contributed by atoms with Crippen LogP contribution in [0.2, 0.25) is 0 Å². The zero-order valence-electron chi connectivity index (χ0n) is 8.80. The predicted octanol–water partition coefficient (Wildman–Crippen LogP) is 2.02. The molecule has 2 N–H and O–H groups in total. The van der Waals surface area contributed by atoms with Gasteiger partial charge in [-0.15, -0.1) is 0 Å². The minimum atomic E-state index is -0.715. The van der Waals surface area contributed by atoms with Gasteiger partial charge in [0.15, 0.2) is 0 Å². The molecule has 0 aromatic carbocycles. The SMILES string of the molecule is O=C(O)CCNCCCC1CCCC1. The van der Waals surface area contributed by atoms with E-state index in [0.717, 1.165) is 12.5 Å². The fraction of sp³-hybridized carbons (Fsp3) is 0.909. The topological polar surface area (TPSA) is 49.3 Å². The minimum Gasteiger partial charge on any atom is -0.481 e. The summed E-state index contributed by atoms with van der Waals surface area (Å²) in [5.74, 6) is 0.240. The van der Waals surface area contributed by atoms with Gasteiger partial charge in [-0.3, -0.25) is 4.79 Å². The van der Waals surface area contributed by atoms with E-state index < -0.39 is 5.97 Å². The molecule has 82 valence electrons. The Bertz CT molecular complexity index is 165. The van der Waals surface area contributed by atoms with Crippen molar-refractivity contribution < 1.29 is 9.90 Å². The average Bonchev–Trinajstić information content (AvgIpc) is 2.63. The van der Waals surface area contributed by atoms with Crippen LogP contribution >= 0.6 is 0 Å². The predicted molar refractivity (Wildman–Crippen MR) is 56.3 cm³/mol. The normalized spacial score (nSPS) is 17.4. The van der Waals surface area contributed by atoms with Crippen molar-refractivity contribution in [1.82, 2.24) is 5.32 Å². The molecule has 1 rings (SSSR count). The molecule has 0 bridgehead atoms. The number of carbonyl (C=O) groups is 1. The van der Waals surface area contributed by atoms with Crippen LogP contribution in [0.25, 0.3) is 0 Å². The first-order chi connectivity index (χ1) is 6.79. The Morgan fingerprint density at radius 3 is 2.64 bits per heavy atom. The molecule has 0 aliphatic heterocycles. The van der Waals surface area contributed by atoms with Crippen LogP contribution in [0.1, 0.15) is 44.9 Å². The van der Waals surface area contributed by atoms with Gasteiger partial charge in [0.1, 0.15) is 0 Å². The fourth-order valence-electron chi connectivity index (χ4n) is 2.14. The molecular weight excluding hydrogens is 178 g/mol. The molecule has 0 unspecified atom stereocenters. The van der Waals surface area contributed by atoms with Gasteiger partial charge in [0.2, 0.25) is 0 Å². The van der Waals surface area contributed by atoms with Crippen LogP contribution in [0.4, 0.5) is 0 Å². The summed E-state index contributed by atoms with van der Waals surface area (Å²) in [7, 11) is 0. The highest BCUT2D eigenvalue weighted by Gasteiger charge is 2.13. The lowest BCUT2D eigenvalue weighted by atomic mass is 10.0. The lowest BCUT2D eigenvalue weighted by molar-refractivity contribution is -0.136. The van der Waals surface area contributed by atoms with Crippen LogP contribution in [0, 0.1) is 5.92 Å². The first-order valence-corrected chi connectivity index (χ1v) is 5.71. The standard InChI is InChI=1S/C11H21NO2/c13-11(14)7-9-12-8-3-6-10-4-1-2-5-10/h10,12H,1-9H2,(H,13,14). The molecule has 0 radical (unpaired) electrons. The summed E-state index contributed by atoms with van der Waals surface area (Å²) in [6.45, 7) is 1.59. The van der Waals surface area contributed by atoms with Gasteiger partial charge < -0.3 is 10.4 Å². The monoisotopic (exact) mass is 199 g/mol. The molecule has 0 atom stereocenters. The summed E-state index contributed by atoms with van der Waals surface area (Å²) in [5, 5.41) is 11.6. The van der Waals surface area contributed by atoms with E-state index in [1.54, 1.807) is 0 Å². The van der Waals surface area contributed by atoms with Crippen molar-refractivity contribution in [3.63, 3.8) is 0 Å². The molecule has 0 amide bonds. The van der Waals surface area contributed by atoms with Gasteiger partial charge in [-0.1, -0.05) is 25.7 Å². The lowest BCUT2D eigenvalue weighted by Gasteiger charge is -2.08. The van der Waals surface area contributed by atoms with E-state index in [4.69, 9.17) is 5.11 Å². The van der Waals surface area contributed by atoms with Gasteiger partial charge in [-0.25, -0.2) is 0 Å². The Morgan fingerprint density at radius 2 is 2.00 bits per heavy atom. The second kappa shape index (κ2) is 6.82. The van der Waals surface area contributed by atoms with Crippen LogP contribution in [0.3, 0.4) is 0 Å². The highest BCUT2D eigenvalue weighted by atomic mass is 16.4. The number of hydrogen-bond donors (Lipinski definition) is 2. The summed E-state index contributed by atoms with van der Waals surface area (Å²) in [4.78, 5) is 10.2. The third-order valence-electron chi connectivity index (χ3n) is 2.96. The highest BCUT2D eigenvalue weighted by Crippen LogP contribution is 2.28. The van der Waals surface area contributed by atoms with Crippen molar-refractivity contribution >= 4 is 5.97 Å². The summed E-state index contributed by atoms with van der Waals surface area (Å²) in [6.07, 6.45) is 8.41. The number of rotatable bonds is 7. The zero-order valence-corrected chi connectivity index (χ0v) is 8.80. The van der Waals surface area contributed by atoms with Crippen molar-refractivity contribution in [2.24, 2.45) is 5.92 Å². The van der Waals surface area contributed by atoms with Gasteiger partial charge in [0.05, 0.1) is 6.42 Å². The Kier molecular flexibility index (Phi) is 5.60. The maximum absolute atomic E-state index is 10.2. The number of carboxylic acid groups (broad SMARTS) is 1. The van der Waals surface area contributed by atoms with Crippen LogP contribution in [-0.2, 0) is 4.79 Å². The highest BCUT2D eigenvalue weighted by molar-refractivity contribution is 5.66. The maximum atomic E-state index is 10.2. The van der Waals surface area contributed by atoms with E-state index >= 15 is 0 Å². The molecule has 1 aliphatic rings. The van der Waals surface area contributed by atoms with E-state index in [1.165, 1.54) is 38.5 Å². The molecule has 1 aliphatic carbocycles. The van der Waals surface area contributed by atoms with Crippen molar-refractivity contribution in [3.05, 3.63) is 0 Å². The van der Waals surface area contributed by atoms with Crippen molar-refractivity contribution in [3.8, 4) is 0 Å². The van der Waals surface area contributed by atoms with Crippen LogP contribution in [0.5, 0.6) is 0 Å². The van der Waals surface area contributed by atoms with Crippen molar-refractivity contribution in [2.75, 3.05) is 13.1 Å². The largest absolute Gasteiger partial charge is 0.481 e. The Balaban J connectivity index is 1.82. The average molecular weight is 199 g/mol. The first-order valence-electron chi connectivity index (χ1n) is 5.71. The van der Waals surface area contributed by atoms with Crippen LogP contribution in [0.15, 0.2) is 0 Å².